The Hall–Kier alpha value is -2.67. The Kier molecular flexibility index (Phi) is 5.43. The van der Waals surface area contributed by atoms with Gasteiger partial charge in [-0.3, -0.25) is 4.90 Å². The first-order chi connectivity index (χ1) is 13.6. The van der Waals surface area contributed by atoms with Crippen molar-refractivity contribution in [1.29, 1.82) is 0 Å². The van der Waals surface area contributed by atoms with Crippen LogP contribution < -0.4 is 0 Å². The second kappa shape index (κ2) is 8.14. The molecule has 0 unspecified atom stereocenters. The molecule has 5 nitrogen and oxygen atoms in total. The lowest BCUT2D eigenvalue weighted by Gasteiger charge is -2.36. The van der Waals surface area contributed by atoms with Crippen molar-refractivity contribution < 1.29 is 8.78 Å². The Morgan fingerprint density at radius 1 is 0.964 bits per heavy atom. The molecule has 4 rings (SSSR count). The SMILES string of the molecule is CC1CCN([C@@H](c2ccc(F)cc2)c2nnnn2Cc2ccc(F)cc2)CC1. The van der Waals surface area contributed by atoms with Crippen LogP contribution in [0.25, 0.3) is 0 Å². The Bertz CT molecular complexity index is 899. The van der Waals surface area contributed by atoms with Gasteiger partial charge in [-0.05, 0) is 77.7 Å². The van der Waals surface area contributed by atoms with Crippen LogP contribution in [0.15, 0.2) is 48.5 Å². The van der Waals surface area contributed by atoms with Crippen molar-refractivity contribution in [2.45, 2.75) is 32.4 Å². The molecule has 0 spiro atoms. The zero-order valence-corrected chi connectivity index (χ0v) is 15.8. The van der Waals surface area contributed by atoms with Crippen LogP contribution in [-0.4, -0.2) is 38.2 Å². The van der Waals surface area contributed by atoms with Crippen LogP contribution in [0.1, 0.15) is 42.8 Å². The molecule has 0 saturated carbocycles. The zero-order chi connectivity index (χ0) is 19.5. The van der Waals surface area contributed by atoms with E-state index in [2.05, 4.69) is 27.3 Å². The lowest BCUT2D eigenvalue weighted by atomic mass is 9.95. The number of halogens is 2. The first-order valence-corrected chi connectivity index (χ1v) is 9.60. The highest BCUT2D eigenvalue weighted by Crippen LogP contribution is 2.31. The molecule has 28 heavy (non-hydrogen) atoms. The average Bonchev–Trinajstić information content (AvgIpc) is 3.14. The summed E-state index contributed by atoms with van der Waals surface area (Å²) in [5.41, 5.74) is 1.88. The fourth-order valence-corrected chi connectivity index (χ4v) is 3.74. The van der Waals surface area contributed by atoms with Gasteiger partial charge in [0.2, 0.25) is 0 Å². The molecule has 0 N–H and O–H groups in total. The third kappa shape index (κ3) is 4.09. The Morgan fingerprint density at radius 3 is 2.21 bits per heavy atom. The van der Waals surface area contributed by atoms with Crippen LogP contribution in [0.3, 0.4) is 0 Å². The molecular weight excluding hydrogens is 360 g/mol. The molecule has 0 aliphatic carbocycles. The number of tetrazole rings is 1. The van der Waals surface area contributed by atoms with Gasteiger partial charge in [0, 0.05) is 0 Å². The minimum Gasteiger partial charge on any atom is -0.290 e. The van der Waals surface area contributed by atoms with Gasteiger partial charge in [-0.2, -0.15) is 0 Å². The maximum Gasteiger partial charge on any atom is 0.173 e. The van der Waals surface area contributed by atoms with E-state index in [-0.39, 0.29) is 17.7 Å². The number of benzene rings is 2. The second-order valence-corrected chi connectivity index (χ2v) is 7.49. The molecule has 1 saturated heterocycles. The van der Waals surface area contributed by atoms with Gasteiger partial charge in [0.1, 0.15) is 11.6 Å². The van der Waals surface area contributed by atoms with Crippen LogP contribution in [-0.2, 0) is 6.54 Å². The first kappa shape index (κ1) is 18.7. The number of hydrogen-bond acceptors (Lipinski definition) is 4. The van der Waals surface area contributed by atoms with Crippen LogP contribution in [0, 0.1) is 17.6 Å². The number of rotatable bonds is 5. The van der Waals surface area contributed by atoms with Gasteiger partial charge < -0.3 is 0 Å². The average molecular weight is 383 g/mol. The summed E-state index contributed by atoms with van der Waals surface area (Å²) >= 11 is 0. The van der Waals surface area contributed by atoms with Crippen LogP contribution in [0.4, 0.5) is 8.78 Å². The van der Waals surface area contributed by atoms with Gasteiger partial charge in [-0.25, -0.2) is 13.5 Å². The molecule has 2 aromatic carbocycles. The topological polar surface area (TPSA) is 46.8 Å². The molecule has 1 fully saturated rings. The Labute approximate surface area is 163 Å². The standard InChI is InChI=1S/C21H23F2N5/c1-15-10-12-27(13-11-15)20(17-4-8-19(23)9-5-17)21-24-25-26-28(21)14-16-2-6-18(22)7-3-16/h2-9,15,20H,10-14H2,1H3/t20-/m0/s1. The van der Waals surface area contributed by atoms with E-state index >= 15 is 0 Å². The summed E-state index contributed by atoms with van der Waals surface area (Å²) in [5, 5.41) is 12.4. The number of aromatic nitrogens is 4. The Balaban J connectivity index is 1.67. The van der Waals surface area contributed by atoms with Crippen molar-refractivity contribution in [3.63, 3.8) is 0 Å². The van der Waals surface area contributed by atoms with Gasteiger partial charge >= 0.3 is 0 Å². The molecule has 0 radical (unpaired) electrons. The maximum atomic E-state index is 13.5. The van der Waals surface area contributed by atoms with Crippen LogP contribution in [0.5, 0.6) is 0 Å². The maximum absolute atomic E-state index is 13.5. The summed E-state index contributed by atoms with van der Waals surface area (Å²) < 4.78 is 28.5. The minimum absolute atomic E-state index is 0.149. The molecule has 0 amide bonds. The summed E-state index contributed by atoms with van der Waals surface area (Å²) in [5.74, 6) is 0.874. The molecule has 2 heterocycles. The molecule has 0 bridgehead atoms. The fourth-order valence-electron chi connectivity index (χ4n) is 3.74. The van der Waals surface area contributed by atoms with E-state index in [1.807, 2.05) is 0 Å². The molecule has 3 aromatic rings. The molecule has 146 valence electrons. The fraction of sp³-hybridized carbons (Fsp3) is 0.381. The predicted molar refractivity (Wildman–Crippen MR) is 102 cm³/mol. The molecule has 1 atom stereocenters. The highest BCUT2D eigenvalue weighted by atomic mass is 19.1. The molecule has 1 aliphatic heterocycles. The van der Waals surface area contributed by atoms with E-state index in [9.17, 15) is 8.78 Å². The van der Waals surface area contributed by atoms with E-state index in [0.29, 0.717) is 18.3 Å². The van der Waals surface area contributed by atoms with E-state index < -0.39 is 0 Å². The minimum atomic E-state index is -0.271. The number of hydrogen-bond donors (Lipinski definition) is 0. The molecule has 1 aromatic heterocycles. The molecular formula is C21H23F2N5. The number of nitrogens with zero attached hydrogens (tertiary/aromatic N) is 5. The van der Waals surface area contributed by atoms with Gasteiger partial charge in [-0.15, -0.1) is 5.10 Å². The summed E-state index contributed by atoms with van der Waals surface area (Å²) in [6.45, 7) is 4.59. The Morgan fingerprint density at radius 2 is 1.57 bits per heavy atom. The second-order valence-electron chi connectivity index (χ2n) is 7.49. The number of likely N-dealkylation sites (tertiary alicyclic amines) is 1. The highest BCUT2D eigenvalue weighted by Gasteiger charge is 2.30. The largest absolute Gasteiger partial charge is 0.290 e. The van der Waals surface area contributed by atoms with Gasteiger partial charge in [0.05, 0.1) is 12.6 Å². The summed E-state index contributed by atoms with van der Waals surface area (Å²) in [4.78, 5) is 2.36. The highest BCUT2D eigenvalue weighted by molar-refractivity contribution is 5.26. The summed E-state index contributed by atoms with van der Waals surface area (Å²) in [6, 6.07) is 12.7. The van der Waals surface area contributed by atoms with Crippen molar-refractivity contribution in [1.82, 2.24) is 25.1 Å². The van der Waals surface area contributed by atoms with Gasteiger partial charge in [-0.1, -0.05) is 31.2 Å². The van der Waals surface area contributed by atoms with E-state index in [1.165, 1.54) is 24.3 Å². The van der Waals surface area contributed by atoms with E-state index in [1.54, 1.807) is 28.9 Å². The van der Waals surface area contributed by atoms with Crippen molar-refractivity contribution in [3.05, 3.63) is 77.1 Å². The monoisotopic (exact) mass is 383 g/mol. The van der Waals surface area contributed by atoms with E-state index in [4.69, 9.17) is 0 Å². The van der Waals surface area contributed by atoms with Gasteiger partial charge in [0.15, 0.2) is 5.82 Å². The van der Waals surface area contributed by atoms with E-state index in [0.717, 1.165) is 37.1 Å². The third-order valence-corrected chi connectivity index (χ3v) is 5.42. The normalized spacial score (nSPS) is 17.0. The first-order valence-electron chi connectivity index (χ1n) is 9.60. The number of piperidine rings is 1. The van der Waals surface area contributed by atoms with Crippen LogP contribution >= 0.6 is 0 Å². The quantitative estimate of drug-likeness (QED) is 0.672. The summed E-state index contributed by atoms with van der Waals surface area (Å²) in [6.07, 6.45) is 2.22. The van der Waals surface area contributed by atoms with Crippen LogP contribution in [0.2, 0.25) is 0 Å². The van der Waals surface area contributed by atoms with Crippen molar-refractivity contribution in [2.75, 3.05) is 13.1 Å². The van der Waals surface area contributed by atoms with Gasteiger partial charge in [0.25, 0.3) is 0 Å². The predicted octanol–water partition coefficient (Wildman–Crippen LogP) is 3.82. The third-order valence-electron chi connectivity index (χ3n) is 5.42. The molecule has 7 heteroatoms. The smallest absolute Gasteiger partial charge is 0.173 e. The zero-order valence-electron chi connectivity index (χ0n) is 15.8. The van der Waals surface area contributed by atoms with Crippen molar-refractivity contribution in [2.24, 2.45) is 5.92 Å². The summed E-state index contributed by atoms with van der Waals surface area (Å²) in [7, 11) is 0. The lowest BCUT2D eigenvalue weighted by molar-refractivity contribution is 0.150. The lowest BCUT2D eigenvalue weighted by Crippen LogP contribution is -2.38. The van der Waals surface area contributed by atoms with Crippen molar-refractivity contribution >= 4 is 0 Å². The molecule has 1 aliphatic rings. The van der Waals surface area contributed by atoms with Crippen molar-refractivity contribution in [3.8, 4) is 0 Å².